The summed E-state index contributed by atoms with van der Waals surface area (Å²) in [6.07, 6.45) is 5.32. The molecule has 0 bridgehead atoms. The molecule has 2 aromatic rings. The molecule has 2 rings (SSSR count). The molecule has 2 nitrogen and oxygen atoms in total. The van der Waals surface area contributed by atoms with Crippen LogP contribution >= 0.6 is 0 Å². The Bertz CT molecular complexity index is 466. The molecule has 0 aliphatic carbocycles. The number of aromatic nitrogens is 1. The summed E-state index contributed by atoms with van der Waals surface area (Å²) in [6.45, 7) is 3.06. The first kappa shape index (κ1) is 12.6. The van der Waals surface area contributed by atoms with Gasteiger partial charge >= 0.3 is 0 Å². The van der Waals surface area contributed by atoms with Crippen LogP contribution in [0.5, 0.6) is 0 Å². The van der Waals surface area contributed by atoms with Gasteiger partial charge in [-0.2, -0.15) is 0 Å². The fraction of sp³-hybridized carbons (Fsp3) is 0.312. The van der Waals surface area contributed by atoms with Crippen molar-refractivity contribution in [1.82, 2.24) is 4.98 Å². The Labute approximate surface area is 109 Å². The van der Waals surface area contributed by atoms with E-state index >= 15 is 0 Å². The monoisotopic (exact) mass is 240 g/mol. The largest absolute Gasteiger partial charge is 0.379 e. The topological polar surface area (TPSA) is 24.9 Å². The highest BCUT2D eigenvalue weighted by molar-refractivity contribution is 5.48. The second kappa shape index (κ2) is 6.80. The first-order valence-electron chi connectivity index (χ1n) is 6.62. The molecule has 1 aromatic carbocycles. The number of nitrogens with zero attached hydrogens (tertiary/aromatic N) is 1. The van der Waals surface area contributed by atoms with Gasteiger partial charge in [0.1, 0.15) is 0 Å². The first-order chi connectivity index (χ1) is 8.90. The number of benzene rings is 1. The maximum atomic E-state index is 4.47. The summed E-state index contributed by atoms with van der Waals surface area (Å²) in [6, 6.07) is 14.5. The van der Waals surface area contributed by atoms with Gasteiger partial charge in [-0.15, -0.1) is 0 Å². The maximum absolute atomic E-state index is 4.47. The predicted molar refractivity (Wildman–Crippen MR) is 76.6 cm³/mol. The quantitative estimate of drug-likeness (QED) is 0.824. The number of pyridine rings is 1. The molecule has 0 aliphatic rings. The molecule has 0 aliphatic heterocycles. The van der Waals surface area contributed by atoms with Crippen LogP contribution in [0.1, 0.15) is 31.0 Å². The number of anilines is 1. The zero-order valence-electron chi connectivity index (χ0n) is 10.9. The lowest BCUT2D eigenvalue weighted by Crippen LogP contribution is -2.03. The number of hydrogen-bond donors (Lipinski definition) is 1. The third kappa shape index (κ3) is 3.59. The first-order valence-corrected chi connectivity index (χ1v) is 6.62. The van der Waals surface area contributed by atoms with Crippen molar-refractivity contribution in [3.63, 3.8) is 0 Å². The minimum absolute atomic E-state index is 0.853. The van der Waals surface area contributed by atoms with Gasteiger partial charge in [-0.25, -0.2) is 0 Å². The zero-order valence-corrected chi connectivity index (χ0v) is 10.9. The Hall–Kier alpha value is -1.83. The van der Waals surface area contributed by atoms with E-state index in [0.717, 1.165) is 18.7 Å². The van der Waals surface area contributed by atoms with E-state index in [-0.39, 0.29) is 0 Å². The molecule has 18 heavy (non-hydrogen) atoms. The smallest absolute Gasteiger partial charge is 0.0634 e. The molecule has 0 saturated heterocycles. The van der Waals surface area contributed by atoms with Gasteiger partial charge < -0.3 is 5.32 Å². The summed E-state index contributed by atoms with van der Waals surface area (Å²) in [5.41, 5.74) is 3.63. The van der Waals surface area contributed by atoms with Crippen LogP contribution in [-0.2, 0) is 13.0 Å². The minimum atomic E-state index is 0.853. The summed E-state index contributed by atoms with van der Waals surface area (Å²) in [7, 11) is 0. The molecule has 0 fully saturated rings. The number of aryl methyl sites for hydroxylation is 1. The summed E-state index contributed by atoms with van der Waals surface area (Å²) in [5.74, 6) is 0. The lowest BCUT2D eigenvalue weighted by Gasteiger charge is -2.10. The van der Waals surface area contributed by atoms with E-state index in [1.54, 1.807) is 0 Å². The van der Waals surface area contributed by atoms with Gasteiger partial charge in [0, 0.05) is 12.7 Å². The summed E-state index contributed by atoms with van der Waals surface area (Å²) >= 11 is 0. The van der Waals surface area contributed by atoms with E-state index < -0.39 is 0 Å². The van der Waals surface area contributed by atoms with Gasteiger partial charge in [-0.05, 0) is 30.5 Å². The number of rotatable bonds is 6. The van der Waals surface area contributed by atoms with E-state index in [2.05, 4.69) is 47.6 Å². The number of nitrogens with one attached hydrogen (secondary N) is 1. The predicted octanol–water partition coefficient (Wildman–Crippen LogP) is 4.04. The van der Waals surface area contributed by atoms with Crippen molar-refractivity contribution in [2.45, 2.75) is 32.7 Å². The van der Waals surface area contributed by atoms with E-state index in [0.29, 0.717) is 0 Å². The van der Waals surface area contributed by atoms with Crippen LogP contribution < -0.4 is 5.32 Å². The molecule has 0 spiro atoms. The summed E-state index contributed by atoms with van der Waals surface area (Å²) in [5, 5.41) is 3.48. The van der Waals surface area contributed by atoms with Crippen LogP contribution in [0.25, 0.3) is 0 Å². The molecule has 2 heteroatoms. The third-order valence-corrected chi connectivity index (χ3v) is 2.98. The van der Waals surface area contributed by atoms with Crippen LogP contribution in [0.4, 0.5) is 5.69 Å². The lowest BCUT2D eigenvalue weighted by atomic mass is 10.1. The second-order valence-electron chi connectivity index (χ2n) is 4.44. The zero-order chi connectivity index (χ0) is 12.6. The van der Waals surface area contributed by atoms with Crippen LogP contribution in [0.15, 0.2) is 48.7 Å². The van der Waals surface area contributed by atoms with Crippen molar-refractivity contribution in [2.24, 2.45) is 0 Å². The molecular formula is C16H20N2. The molecule has 0 saturated carbocycles. The third-order valence-electron chi connectivity index (χ3n) is 2.98. The van der Waals surface area contributed by atoms with Gasteiger partial charge in [-0.3, -0.25) is 4.98 Å². The van der Waals surface area contributed by atoms with Crippen molar-refractivity contribution in [1.29, 1.82) is 0 Å². The SMILES string of the molecule is CCCCc1ncccc1NCc1ccccc1. The lowest BCUT2D eigenvalue weighted by molar-refractivity contribution is 0.777. The molecule has 1 N–H and O–H groups in total. The minimum Gasteiger partial charge on any atom is -0.379 e. The Kier molecular flexibility index (Phi) is 4.77. The average molecular weight is 240 g/mol. The van der Waals surface area contributed by atoms with E-state index in [1.807, 2.05) is 18.3 Å². The van der Waals surface area contributed by atoms with Crippen molar-refractivity contribution in [2.75, 3.05) is 5.32 Å². The van der Waals surface area contributed by atoms with E-state index in [9.17, 15) is 0 Å². The molecule has 94 valence electrons. The normalized spacial score (nSPS) is 10.3. The van der Waals surface area contributed by atoms with Crippen molar-refractivity contribution >= 4 is 5.69 Å². The maximum Gasteiger partial charge on any atom is 0.0634 e. The highest BCUT2D eigenvalue weighted by Crippen LogP contribution is 2.15. The van der Waals surface area contributed by atoms with Gasteiger partial charge in [0.25, 0.3) is 0 Å². The Balaban J connectivity index is 2.00. The van der Waals surface area contributed by atoms with Crippen molar-refractivity contribution < 1.29 is 0 Å². The Morgan fingerprint density at radius 2 is 1.89 bits per heavy atom. The number of hydrogen-bond acceptors (Lipinski definition) is 2. The molecule has 1 aromatic heterocycles. The molecule has 0 amide bonds. The van der Waals surface area contributed by atoms with Crippen molar-refractivity contribution in [3.8, 4) is 0 Å². The van der Waals surface area contributed by atoms with Gasteiger partial charge in [0.15, 0.2) is 0 Å². The molecule has 0 unspecified atom stereocenters. The summed E-state index contributed by atoms with van der Waals surface area (Å²) in [4.78, 5) is 4.47. The fourth-order valence-corrected chi connectivity index (χ4v) is 1.94. The van der Waals surface area contributed by atoms with Crippen LogP contribution in [-0.4, -0.2) is 4.98 Å². The highest BCUT2D eigenvalue weighted by Gasteiger charge is 2.02. The Morgan fingerprint density at radius 3 is 2.67 bits per heavy atom. The highest BCUT2D eigenvalue weighted by atomic mass is 14.9. The second-order valence-corrected chi connectivity index (χ2v) is 4.44. The molecule has 0 radical (unpaired) electrons. The molecule has 0 atom stereocenters. The number of unbranched alkanes of at least 4 members (excludes halogenated alkanes) is 1. The van der Waals surface area contributed by atoms with Gasteiger partial charge in [0.2, 0.25) is 0 Å². The van der Waals surface area contributed by atoms with E-state index in [4.69, 9.17) is 0 Å². The van der Waals surface area contributed by atoms with Gasteiger partial charge in [-0.1, -0.05) is 43.7 Å². The Morgan fingerprint density at radius 1 is 1.06 bits per heavy atom. The molecule has 1 heterocycles. The van der Waals surface area contributed by atoms with E-state index in [1.165, 1.54) is 24.1 Å². The standard InChI is InChI=1S/C16H20N2/c1-2-3-10-15-16(11-7-12-17-15)18-13-14-8-5-4-6-9-14/h4-9,11-12,18H,2-3,10,13H2,1H3. The van der Waals surface area contributed by atoms with Crippen LogP contribution in [0, 0.1) is 0 Å². The molecular weight excluding hydrogens is 220 g/mol. The van der Waals surface area contributed by atoms with Crippen LogP contribution in [0.2, 0.25) is 0 Å². The van der Waals surface area contributed by atoms with Crippen LogP contribution in [0.3, 0.4) is 0 Å². The van der Waals surface area contributed by atoms with Gasteiger partial charge in [0.05, 0.1) is 11.4 Å². The fourth-order valence-electron chi connectivity index (χ4n) is 1.94. The van der Waals surface area contributed by atoms with Crippen molar-refractivity contribution in [3.05, 3.63) is 59.9 Å². The average Bonchev–Trinajstić information content (AvgIpc) is 2.45. The summed E-state index contributed by atoms with van der Waals surface area (Å²) < 4.78 is 0.